The molecule has 26 N–H and O–H groups in total. The first-order valence-corrected chi connectivity index (χ1v) is 45.3. The molecule has 23 amide bonds. The van der Waals surface area contributed by atoms with E-state index in [1.54, 1.807) is 58.0 Å². The molecular weight excluding hydrogens is 1800 g/mol. The van der Waals surface area contributed by atoms with Gasteiger partial charge in [-0.3, -0.25) is 110 Å². The number of carbonyl (C=O) groups excluding carboxylic acids is 23. The van der Waals surface area contributed by atoms with E-state index in [0.717, 1.165) is 0 Å². The van der Waals surface area contributed by atoms with Crippen molar-refractivity contribution in [3.8, 4) is 0 Å². The van der Waals surface area contributed by atoms with Crippen LogP contribution >= 0.6 is 0 Å². The van der Waals surface area contributed by atoms with Crippen molar-refractivity contribution in [3.05, 3.63) is 35.9 Å². The molecule has 48 heteroatoms. The molecule has 772 valence electrons. The van der Waals surface area contributed by atoms with Gasteiger partial charge in [0.1, 0.15) is 110 Å². The van der Waals surface area contributed by atoms with Gasteiger partial charge in [0.15, 0.2) is 0 Å². The third-order valence-electron chi connectivity index (χ3n) is 22.5. The van der Waals surface area contributed by atoms with Crippen molar-refractivity contribution in [1.82, 2.24) is 106 Å². The Hall–Kier alpha value is -13.5. The quantitative estimate of drug-likeness (QED) is 0.0290. The zero-order chi connectivity index (χ0) is 107. The minimum Gasteiger partial charge on any atom is -0.480 e. The van der Waals surface area contributed by atoms with Crippen LogP contribution in [0.15, 0.2) is 30.3 Å². The average Bonchev–Trinajstić information content (AvgIpc) is 1.55. The molecule has 2 rings (SSSR count). The molecule has 11 atom stereocenters. The van der Waals surface area contributed by atoms with Crippen LogP contribution in [0.2, 0.25) is 0 Å². The fourth-order valence-corrected chi connectivity index (χ4v) is 13.5. The highest BCUT2D eigenvalue weighted by Crippen LogP contribution is 2.25. The molecule has 0 aliphatic carbocycles. The highest BCUT2D eigenvalue weighted by Gasteiger charge is 2.49. The predicted octanol–water partition coefficient (Wildman–Crippen LogP) is -5.19. The second kappa shape index (κ2) is 50.5. The largest absolute Gasteiger partial charge is 0.480 e. The van der Waals surface area contributed by atoms with E-state index in [1.165, 1.54) is 157 Å². The summed E-state index contributed by atoms with van der Waals surface area (Å²) in [4.78, 5) is 325. The first-order chi connectivity index (χ1) is 63.0. The van der Waals surface area contributed by atoms with E-state index in [0.29, 0.717) is 12.0 Å². The number of benzene rings is 1. The highest BCUT2D eigenvalue weighted by atomic mass is 16.4. The third-order valence-corrected chi connectivity index (χ3v) is 22.5. The van der Waals surface area contributed by atoms with Gasteiger partial charge in [-0.15, -0.1) is 0 Å². The minimum absolute atomic E-state index is 0.0119. The van der Waals surface area contributed by atoms with Crippen LogP contribution in [0.25, 0.3) is 0 Å². The molecule has 1 aliphatic rings. The number of aliphatic carboxylic acids is 1. The number of carboxylic acid groups (broad SMARTS) is 1. The van der Waals surface area contributed by atoms with Gasteiger partial charge < -0.3 is 128 Å². The van der Waals surface area contributed by atoms with Crippen LogP contribution < -0.4 is 118 Å². The van der Waals surface area contributed by atoms with Gasteiger partial charge in [0.2, 0.25) is 136 Å². The molecule has 1 aliphatic heterocycles. The molecule has 0 saturated carbocycles. The van der Waals surface area contributed by atoms with Crippen LogP contribution in [-0.4, -0.2) is 275 Å². The number of primary amides is 3. The van der Waals surface area contributed by atoms with E-state index in [4.69, 9.17) is 17.2 Å². The fourth-order valence-electron chi connectivity index (χ4n) is 13.5. The Bertz CT molecular complexity index is 4720. The zero-order valence-electron chi connectivity index (χ0n) is 83.9. The Labute approximate surface area is 803 Å². The number of nitrogens with one attached hydrogen (secondary N) is 19. The molecule has 0 spiro atoms. The van der Waals surface area contributed by atoms with Gasteiger partial charge in [0, 0.05) is 39.2 Å². The van der Waals surface area contributed by atoms with E-state index < -0.39 is 303 Å². The number of nitrogens with two attached hydrogens (primary N) is 3. The van der Waals surface area contributed by atoms with Crippen LogP contribution in [0.3, 0.4) is 0 Å². The van der Waals surface area contributed by atoms with Gasteiger partial charge in [0.05, 0.1) is 6.54 Å². The topological polar surface area (TPSA) is 740 Å². The molecule has 10 unspecified atom stereocenters. The van der Waals surface area contributed by atoms with Gasteiger partial charge in [-0.05, 0) is 201 Å². The van der Waals surface area contributed by atoms with Crippen molar-refractivity contribution < 1.29 is 120 Å². The number of hydrogen-bond donors (Lipinski definition) is 23. The van der Waals surface area contributed by atoms with Gasteiger partial charge in [-0.1, -0.05) is 65.0 Å². The number of carboxylic acids is 1. The molecule has 1 fully saturated rings. The number of hydrogen-bond acceptors (Lipinski definition) is 24. The summed E-state index contributed by atoms with van der Waals surface area (Å²) in [5, 5.41) is 57.4. The number of carbonyl (C=O) groups is 24. The summed E-state index contributed by atoms with van der Waals surface area (Å²) in [6.45, 7) is 34.7. The molecule has 48 nitrogen and oxygen atoms in total. The molecule has 0 aromatic heterocycles. The zero-order valence-corrected chi connectivity index (χ0v) is 83.9. The van der Waals surface area contributed by atoms with Crippen molar-refractivity contribution in [2.75, 3.05) is 13.1 Å². The summed E-state index contributed by atoms with van der Waals surface area (Å²) >= 11 is 0. The number of nitrogens with zero attached hydrogens (tertiary/aromatic N) is 1. The lowest BCUT2D eigenvalue weighted by Crippen LogP contribution is -2.67. The Balaban J connectivity index is 2.17. The lowest BCUT2D eigenvalue weighted by molar-refractivity contribution is -0.146. The molecule has 1 heterocycles. The second-order valence-electron chi connectivity index (χ2n) is 39.8. The molecule has 1 saturated heterocycles. The van der Waals surface area contributed by atoms with Gasteiger partial charge in [-0.25, -0.2) is 4.79 Å². The van der Waals surface area contributed by atoms with Crippen LogP contribution in [0.4, 0.5) is 0 Å². The Kier molecular flexibility index (Phi) is 44.2. The van der Waals surface area contributed by atoms with Crippen molar-refractivity contribution in [2.45, 2.75) is 361 Å². The van der Waals surface area contributed by atoms with E-state index in [-0.39, 0.29) is 38.1 Å². The summed E-state index contributed by atoms with van der Waals surface area (Å²) in [7, 11) is 0. The standard InChI is InChI=1S/C90H147N23O25/c1-27-90(26,80(137)101-53(36-39-59(92)116)67(123)99-52(35-38-58(91)115)66(122)100-56(72(128)129)43-51-32-29-28-30-33-51)112-79(136)88(22,23)110-71(127)62(46(4)5)103-70(126)57-34-31-41-113(57)81(138)89(24,25)111-78(135)87(20,21)105-61(118)44-94-73(130)82(10,11)109-69(125)55(42-45(2)3)102-77(134)86(18,19)108-68(124)54(37-40-60(93)117)98-63(119)47(6)95-75(132)84(14,15)106-65(121)49(8)97-76(133)85(16,17)107-64(120)48(7)96-74(131)83(12,13)104-50(9)114/h28-30,32-33,45-49,52-57,62H,27,31,34-44H2,1-26H3,(H2,91,115)(H2,92,116)(H2,93,117)(H,94,130)(H,95,132)(H,96,131)(H,97,133)(H,98,119)(H,99,123)(H,100,122)(H,101,137)(H,102,134)(H,103,126)(H,104,114)(H,105,118)(H,106,121)(H,107,120)(H,108,124)(H,109,125)(H,110,127)(H,111,135)(H,112,136)(H,128,129)/t47?,48?,49?,52?,53?,54?,55?,56?,57?,62?,90-/m0/s1. The Morgan fingerprint density at radius 3 is 1.17 bits per heavy atom. The summed E-state index contributed by atoms with van der Waals surface area (Å²) < 4.78 is 0. The van der Waals surface area contributed by atoms with Crippen LogP contribution in [0.1, 0.15) is 250 Å². The lowest BCUT2D eigenvalue weighted by Gasteiger charge is -2.37. The number of likely N-dealkylation sites (tertiary alicyclic amines) is 1. The molecule has 0 radical (unpaired) electrons. The van der Waals surface area contributed by atoms with Crippen molar-refractivity contribution >= 4 is 142 Å². The third kappa shape index (κ3) is 37.9. The van der Waals surface area contributed by atoms with E-state index in [1.807, 2.05) is 0 Å². The highest BCUT2D eigenvalue weighted by molar-refractivity contribution is 6.05. The van der Waals surface area contributed by atoms with Crippen LogP contribution in [0, 0.1) is 11.8 Å². The van der Waals surface area contributed by atoms with Gasteiger partial charge in [0.25, 0.3) is 0 Å². The smallest absolute Gasteiger partial charge is 0.326 e. The summed E-state index contributed by atoms with van der Waals surface area (Å²) in [6, 6.07) is -6.04. The average molecular weight is 1950 g/mol. The Morgan fingerprint density at radius 2 is 0.746 bits per heavy atom. The van der Waals surface area contributed by atoms with Crippen LogP contribution in [-0.2, 0) is 121 Å². The normalized spacial score (nSPS) is 15.4. The maximum Gasteiger partial charge on any atom is 0.326 e. The van der Waals surface area contributed by atoms with E-state index in [9.17, 15) is 120 Å². The predicted molar refractivity (Wildman–Crippen MR) is 500 cm³/mol. The summed E-state index contributed by atoms with van der Waals surface area (Å²) in [5.41, 5.74) is 0.789. The van der Waals surface area contributed by atoms with E-state index >= 15 is 0 Å². The molecule has 0 bridgehead atoms. The summed E-state index contributed by atoms with van der Waals surface area (Å²) in [6.07, 6.45) is -2.70. The maximum absolute atomic E-state index is 14.5. The monoisotopic (exact) mass is 1950 g/mol. The Morgan fingerprint density at radius 1 is 0.384 bits per heavy atom. The summed E-state index contributed by atoms with van der Waals surface area (Å²) in [5.74, 6) is -22.8. The van der Waals surface area contributed by atoms with Gasteiger partial charge >= 0.3 is 5.97 Å². The maximum atomic E-state index is 14.5. The molecule has 1 aromatic rings. The SMILES string of the molecule is CC[C@](C)(NC(=O)C(C)(C)NC(=O)C(NC(=O)C1CCCN1C(=O)C(C)(C)NC(=O)C(C)(C)NC(=O)CNC(=O)C(C)(C)NC(=O)C(CC(C)C)NC(=O)C(C)(C)NC(=O)C(CCC(N)=O)NC(=O)C(C)NC(=O)C(C)(C)NC(=O)C(C)NC(=O)C(C)(C)NC(=O)C(C)NC(=O)C(C)(C)NC(C)=O)C(C)C)C(=O)NC(CCC(N)=O)C(=O)NC(CCC(N)=O)C(=O)NC(Cc1ccccc1)C(=O)O. The second-order valence-corrected chi connectivity index (χ2v) is 39.8. The molecule has 1 aromatic carbocycles. The minimum atomic E-state index is -1.91. The van der Waals surface area contributed by atoms with Crippen LogP contribution in [0.5, 0.6) is 0 Å². The molecular formula is C90H147N23O25. The first-order valence-electron chi connectivity index (χ1n) is 45.3. The van der Waals surface area contributed by atoms with Crippen molar-refractivity contribution in [2.24, 2.45) is 29.0 Å². The van der Waals surface area contributed by atoms with E-state index in [2.05, 4.69) is 101 Å². The first kappa shape index (κ1) is 121. The van der Waals surface area contributed by atoms with Gasteiger partial charge in [-0.2, -0.15) is 0 Å². The van der Waals surface area contributed by atoms with Crippen molar-refractivity contribution in [3.63, 3.8) is 0 Å². The lowest BCUT2D eigenvalue weighted by atomic mass is 9.93. The number of rotatable bonds is 54. The van der Waals surface area contributed by atoms with Crippen molar-refractivity contribution in [1.29, 1.82) is 0 Å². The number of amides is 23. The fraction of sp³-hybridized carbons (Fsp3) is 0.667. The molecule has 138 heavy (non-hydrogen) atoms.